The highest BCUT2D eigenvalue weighted by molar-refractivity contribution is 7.98. The number of aromatic nitrogens is 2. The van der Waals surface area contributed by atoms with Crippen LogP contribution in [0.1, 0.15) is 16.8 Å². The van der Waals surface area contributed by atoms with Crippen LogP contribution >= 0.6 is 11.8 Å². The fourth-order valence-corrected chi connectivity index (χ4v) is 4.17. The minimum atomic E-state index is -0.239. The molecule has 7 heteroatoms. The van der Waals surface area contributed by atoms with Crippen molar-refractivity contribution >= 4 is 29.0 Å². The van der Waals surface area contributed by atoms with E-state index in [-0.39, 0.29) is 18.1 Å². The molecule has 0 aliphatic carbocycles. The van der Waals surface area contributed by atoms with Crippen molar-refractivity contribution in [1.82, 2.24) is 9.38 Å². The molecule has 0 saturated carbocycles. The van der Waals surface area contributed by atoms with Gasteiger partial charge < -0.3 is 10.1 Å². The number of rotatable bonds is 7. The predicted molar refractivity (Wildman–Crippen MR) is 128 cm³/mol. The SMILES string of the molecule is Cc1cccc(OCC(=O)Nc2ccccc2SCc2cc(=O)n3cccc(C)c3n2)c1. The number of thioether (sulfide) groups is 1. The topological polar surface area (TPSA) is 72.7 Å². The quantitative estimate of drug-likeness (QED) is 0.420. The van der Waals surface area contributed by atoms with Gasteiger partial charge in [-0.25, -0.2) is 4.98 Å². The van der Waals surface area contributed by atoms with E-state index in [1.807, 2.05) is 74.5 Å². The second kappa shape index (κ2) is 9.70. The van der Waals surface area contributed by atoms with Crippen LogP contribution in [0.25, 0.3) is 5.65 Å². The van der Waals surface area contributed by atoms with Gasteiger partial charge in [-0.3, -0.25) is 14.0 Å². The van der Waals surface area contributed by atoms with E-state index in [9.17, 15) is 9.59 Å². The number of nitrogens with zero attached hydrogens (tertiary/aromatic N) is 2. The summed E-state index contributed by atoms with van der Waals surface area (Å²) in [4.78, 5) is 30.4. The summed E-state index contributed by atoms with van der Waals surface area (Å²) in [6.07, 6.45) is 1.72. The third-order valence-corrected chi connectivity index (χ3v) is 5.94. The Hall–Kier alpha value is -3.58. The Kier molecular flexibility index (Phi) is 6.56. The lowest BCUT2D eigenvalue weighted by Crippen LogP contribution is -2.20. The summed E-state index contributed by atoms with van der Waals surface area (Å²) in [5, 5.41) is 2.91. The van der Waals surface area contributed by atoms with Crippen LogP contribution in [0.5, 0.6) is 5.75 Å². The van der Waals surface area contributed by atoms with Crippen LogP contribution in [0.2, 0.25) is 0 Å². The lowest BCUT2D eigenvalue weighted by Gasteiger charge is -2.12. The molecular weight excluding hydrogens is 422 g/mol. The highest BCUT2D eigenvalue weighted by Gasteiger charge is 2.10. The van der Waals surface area contributed by atoms with Gasteiger partial charge in [-0.1, -0.05) is 30.3 Å². The minimum Gasteiger partial charge on any atom is -0.484 e. The Bertz CT molecular complexity index is 1330. The van der Waals surface area contributed by atoms with Crippen LogP contribution in [0.4, 0.5) is 5.69 Å². The van der Waals surface area contributed by atoms with Gasteiger partial charge in [0.1, 0.15) is 11.4 Å². The second-order valence-electron chi connectivity index (χ2n) is 7.41. The van der Waals surface area contributed by atoms with Crippen molar-refractivity contribution in [3.8, 4) is 5.75 Å². The summed E-state index contributed by atoms with van der Waals surface area (Å²) < 4.78 is 7.14. The Morgan fingerprint density at radius 1 is 1.06 bits per heavy atom. The molecule has 0 fully saturated rings. The maximum absolute atomic E-state index is 12.4. The summed E-state index contributed by atoms with van der Waals surface area (Å²) in [5.74, 6) is 0.927. The van der Waals surface area contributed by atoms with Crippen molar-refractivity contribution in [3.63, 3.8) is 0 Å². The minimum absolute atomic E-state index is 0.0786. The molecule has 2 aromatic heterocycles. The summed E-state index contributed by atoms with van der Waals surface area (Å²) in [5.41, 5.74) is 3.96. The van der Waals surface area contributed by atoms with E-state index in [0.717, 1.165) is 16.0 Å². The number of ether oxygens (including phenoxy) is 1. The number of fused-ring (bicyclic) bond motifs is 1. The average molecular weight is 446 g/mol. The lowest BCUT2D eigenvalue weighted by molar-refractivity contribution is -0.118. The number of para-hydroxylation sites is 1. The van der Waals surface area contributed by atoms with E-state index in [0.29, 0.717) is 28.5 Å². The van der Waals surface area contributed by atoms with E-state index >= 15 is 0 Å². The average Bonchev–Trinajstić information content (AvgIpc) is 2.78. The van der Waals surface area contributed by atoms with Gasteiger partial charge in [0, 0.05) is 22.9 Å². The third kappa shape index (κ3) is 5.18. The zero-order chi connectivity index (χ0) is 22.5. The molecule has 1 amide bonds. The molecule has 0 atom stereocenters. The van der Waals surface area contributed by atoms with E-state index in [2.05, 4.69) is 10.3 Å². The van der Waals surface area contributed by atoms with Crippen molar-refractivity contribution in [2.75, 3.05) is 11.9 Å². The normalized spacial score (nSPS) is 10.8. The first-order valence-corrected chi connectivity index (χ1v) is 11.2. The largest absolute Gasteiger partial charge is 0.484 e. The van der Waals surface area contributed by atoms with E-state index in [1.54, 1.807) is 16.7 Å². The Balaban J connectivity index is 1.43. The zero-order valence-electron chi connectivity index (χ0n) is 17.9. The molecule has 2 heterocycles. The molecule has 162 valence electrons. The molecule has 2 aromatic carbocycles. The van der Waals surface area contributed by atoms with Gasteiger partial charge in [0.2, 0.25) is 0 Å². The molecule has 0 bridgehead atoms. The monoisotopic (exact) mass is 445 g/mol. The van der Waals surface area contributed by atoms with Crippen molar-refractivity contribution in [3.05, 3.63) is 100 Å². The molecule has 0 unspecified atom stereocenters. The van der Waals surface area contributed by atoms with Crippen LogP contribution < -0.4 is 15.6 Å². The van der Waals surface area contributed by atoms with Crippen molar-refractivity contribution in [1.29, 1.82) is 0 Å². The number of amides is 1. The van der Waals surface area contributed by atoms with Gasteiger partial charge in [-0.05, 0) is 55.3 Å². The maximum atomic E-state index is 12.4. The first-order chi connectivity index (χ1) is 15.5. The zero-order valence-corrected chi connectivity index (χ0v) is 18.7. The van der Waals surface area contributed by atoms with Crippen LogP contribution in [-0.2, 0) is 10.5 Å². The van der Waals surface area contributed by atoms with Crippen LogP contribution in [-0.4, -0.2) is 21.9 Å². The highest BCUT2D eigenvalue weighted by Crippen LogP contribution is 2.29. The maximum Gasteiger partial charge on any atom is 0.262 e. The molecule has 1 N–H and O–H groups in total. The summed E-state index contributed by atoms with van der Waals surface area (Å²) >= 11 is 1.52. The number of carbonyl (C=O) groups is 1. The molecule has 32 heavy (non-hydrogen) atoms. The number of anilines is 1. The summed E-state index contributed by atoms with van der Waals surface area (Å²) in [6.45, 7) is 3.83. The molecule has 0 spiro atoms. The molecule has 6 nitrogen and oxygen atoms in total. The lowest BCUT2D eigenvalue weighted by atomic mass is 10.2. The van der Waals surface area contributed by atoms with Gasteiger partial charge >= 0.3 is 0 Å². The third-order valence-electron chi connectivity index (χ3n) is 4.84. The molecule has 4 rings (SSSR count). The summed E-state index contributed by atoms with van der Waals surface area (Å²) in [6, 6.07) is 20.5. The van der Waals surface area contributed by atoms with Crippen LogP contribution in [0.3, 0.4) is 0 Å². The molecule has 0 aliphatic rings. The summed E-state index contributed by atoms with van der Waals surface area (Å²) in [7, 11) is 0. The van der Waals surface area contributed by atoms with Gasteiger partial charge in [-0.15, -0.1) is 11.8 Å². The van der Waals surface area contributed by atoms with E-state index in [1.165, 1.54) is 11.8 Å². The molecule has 0 saturated heterocycles. The number of nitrogens with one attached hydrogen (secondary N) is 1. The predicted octanol–water partition coefficient (Wildman–Crippen LogP) is 4.62. The van der Waals surface area contributed by atoms with Gasteiger partial charge in [0.25, 0.3) is 11.5 Å². The number of carbonyl (C=O) groups excluding carboxylic acids is 1. The Labute approximate surface area is 190 Å². The molecule has 4 aromatic rings. The first-order valence-electron chi connectivity index (χ1n) is 10.2. The standard InChI is InChI=1S/C25H23N3O3S/c1-17-7-5-9-20(13-17)31-15-23(29)27-21-10-3-4-11-22(21)32-16-19-14-24(30)28-12-6-8-18(2)25(28)26-19/h3-14H,15-16H2,1-2H3,(H,27,29). The number of aryl methyl sites for hydroxylation is 2. The van der Waals surface area contributed by atoms with Gasteiger partial charge in [-0.2, -0.15) is 0 Å². The number of hydrogen-bond acceptors (Lipinski definition) is 5. The van der Waals surface area contributed by atoms with Crippen LogP contribution in [0.15, 0.2) is 82.6 Å². The van der Waals surface area contributed by atoms with Crippen molar-refractivity contribution < 1.29 is 9.53 Å². The fourth-order valence-electron chi connectivity index (χ4n) is 3.27. The van der Waals surface area contributed by atoms with Crippen molar-refractivity contribution in [2.45, 2.75) is 24.5 Å². The van der Waals surface area contributed by atoms with Gasteiger partial charge in [0.15, 0.2) is 6.61 Å². The Morgan fingerprint density at radius 3 is 2.75 bits per heavy atom. The first kappa shape index (κ1) is 21.6. The molecule has 0 aliphatic heterocycles. The van der Waals surface area contributed by atoms with Gasteiger partial charge in [0.05, 0.1) is 11.4 Å². The molecule has 0 radical (unpaired) electrons. The van der Waals surface area contributed by atoms with Crippen molar-refractivity contribution in [2.24, 2.45) is 0 Å². The van der Waals surface area contributed by atoms with Crippen LogP contribution in [0, 0.1) is 13.8 Å². The smallest absolute Gasteiger partial charge is 0.262 e. The van der Waals surface area contributed by atoms with E-state index < -0.39 is 0 Å². The number of hydrogen-bond donors (Lipinski definition) is 1. The Morgan fingerprint density at radius 2 is 1.91 bits per heavy atom. The second-order valence-corrected chi connectivity index (χ2v) is 8.43. The fraction of sp³-hybridized carbons (Fsp3) is 0.160. The van der Waals surface area contributed by atoms with E-state index in [4.69, 9.17) is 4.74 Å². The highest BCUT2D eigenvalue weighted by atomic mass is 32.2. The molecular formula is C25H23N3O3S. The number of pyridine rings is 1. The number of benzene rings is 2.